The van der Waals surface area contributed by atoms with Crippen molar-refractivity contribution in [3.05, 3.63) is 36.0 Å². The number of rotatable bonds is 4. The average Bonchev–Trinajstić information content (AvgIpc) is 3.38. The van der Waals surface area contributed by atoms with E-state index in [9.17, 15) is 0 Å². The Morgan fingerprint density at radius 3 is 2.61 bits per heavy atom. The van der Waals surface area contributed by atoms with E-state index in [1.165, 1.54) is 0 Å². The fraction of sp³-hybridized carbons (Fsp3) is 0.368. The predicted octanol–water partition coefficient (Wildman–Crippen LogP) is 4.42. The van der Waals surface area contributed by atoms with Gasteiger partial charge in [-0.15, -0.1) is 12.4 Å². The van der Waals surface area contributed by atoms with E-state index in [0.29, 0.717) is 28.9 Å². The number of aromatic nitrogens is 4. The third kappa shape index (κ3) is 2.80. The highest BCUT2D eigenvalue weighted by atomic mass is 35.5. The normalized spacial score (nSPS) is 15.6. The van der Waals surface area contributed by atoms with Gasteiger partial charge < -0.3 is 19.2 Å². The van der Waals surface area contributed by atoms with Gasteiger partial charge >= 0.3 is 0 Å². The first-order valence-electron chi connectivity index (χ1n) is 9.03. The Kier molecular flexibility index (Phi) is 4.47. The summed E-state index contributed by atoms with van der Waals surface area (Å²) < 4.78 is 16.6. The Balaban J connectivity index is 0.00000192. The number of nitrogens with zero attached hydrogens (tertiary/aromatic N) is 4. The maximum Gasteiger partial charge on any atom is 0.259 e. The molecule has 0 unspecified atom stereocenters. The molecule has 2 N–H and O–H groups in total. The zero-order chi connectivity index (χ0) is 18.6. The number of hydrogen-bond acceptors (Lipinski definition) is 8. The summed E-state index contributed by atoms with van der Waals surface area (Å²) in [5, 5.41) is 9.12. The minimum absolute atomic E-state index is 0. The molecule has 0 aliphatic heterocycles. The van der Waals surface area contributed by atoms with E-state index in [2.05, 4.69) is 20.3 Å². The van der Waals surface area contributed by atoms with Gasteiger partial charge in [0.15, 0.2) is 11.6 Å². The molecule has 1 aliphatic rings. The Bertz CT molecular complexity index is 1110. The first kappa shape index (κ1) is 18.6. The second-order valence-electron chi connectivity index (χ2n) is 7.37. The number of hydrogen-bond donors (Lipinski definition) is 1. The Labute approximate surface area is 166 Å². The van der Waals surface area contributed by atoms with Crippen molar-refractivity contribution in [2.75, 3.05) is 0 Å². The molecule has 0 spiro atoms. The third-order valence-electron chi connectivity index (χ3n) is 5.14. The average molecular weight is 402 g/mol. The van der Waals surface area contributed by atoms with Gasteiger partial charge in [-0.3, -0.25) is 0 Å². The molecular formula is C19H20ClN5O3. The topological polar surface area (TPSA) is 117 Å². The molecule has 28 heavy (non-hydrogen) atoms. The van der Waals surface area contributed by atoms with Crippen molar-refractivity contribution in [2.24, 2.45) is 5.73 Å². The van der Waals surface area contributed by atoms with Gasteiger partial charge in [-0.25, -0.2) is 4.98 Å². The largest absolute Gasteiger partial charge is 0.463 e. The molecule has 4 aromatic heterocycles. The number of fused-ring (bicyclic) bond motifs is 1. The maximum absolute atomic E-state index is 6.35. The van der Waals surface area contributed by atoms with Crippen molar-refractivity contribution in [1.29, 1.82) is 0 Å². The van der Waals surface area contributed by atoms with Crippen LogP contribution in [0.25, 0.3) is 34.0 Å². The molecule has 8 nitrogen and oxygen atoms in total. The molecule has 1 saturated carbocycles. The van der Waals surface area contributed by atoms with Crippen LogP contribution in [0.1, 0.15) is 50.5 Å². The van der Waals surface area contributed by atoms with Crippen LogP contribution in [0.15, 0.2) is 37.9 Å². The molecular weight excluding hydrogens is 382 g/mol. The van der Waals surface area contributed by atoms with Crippen molar-refractivity contribution in [1.82, 2.24) is 20.3 Å². The fourth-order valence-electron chi connectivity index (χ4n) is 3.40. The van der Waals surface area contributed by atoms with E-state index < -0.39 is 5.54 Å². The molecule has 0 aromatic carbocycles. The van der Waals surface area contributed by atoms with Gasteiger partial charge in [0.25, 0.3) is 11.6 Å². The highest BCUT2D eigenvalue weighted by molar-refractivity contribution is 5.93. The molecule has 0 atom stereocenters. The Morgan fingerprint density at radius 2 is 1.96 bits per heavy atom. The van der Waals surface area contributed by atoms with Gasteiger partial charge in [0.1, 0.15) is 5.69 Å². The first-order chi connectivity index (χ1) is 13.0. The lowest BCUT2D eigenvalue weighted by molar-refractivity contribution is 0.229. The molecule has 5 rings (SSSR count). The van der Waals surface area contributed by atoms with Crippen LogP contribution in [0.2, 0.25) is 0 Å². The smallest absolute Gasteiger partial charge is 0.259 e. The molecule has 0 bridgehead atoms. The highest BCUT2D eigenvalue weighted by Crippen LogP contribution is 2.40. The molecule has 1 fully saturated rings. The Hall–Kier alpha value is -2.71. The summed E-state index contributed by atoms with van der Waals surface area (Å²) in [4.78, 5) is 9.15. The lowest BCUT2D eigenvalue weighted by Gasteiger charge is -2.34. The summed E-state index contributed by atoms with van der Waals surface area (Å²) in [6.07, 6.45) is 4.39. The number of halogens is 1. The highest BCUT2D eigenvalue weighted by Gasteiger charge is 2.39. The van der Waals surface area contributed by atoms with Gasteiger partial charge in [-0.1, -0.05) is 24.2 Å². The van der Waals surface area contributed by atoms with Crippen molar-refractivity contribution in [2.45, 2.75) is 44.6 Å². The van der Waals surface area contributed by atoms with Crippen LogP contribution in [-0.2, 0) is 5.54 Å². The van der Waals surface area contributed by atoms with E-state index in [1.54, 1.807) is 12.3 Å². The van der Waals surface area contributed by atoms with Crippen LogP contribution < -0.4 is 5.73 Å². The summed E-state index contributed by atoms with van der Waals surface area (Å²) in [7, 11) is 0. The third-order valence-corrected chi connectivity index (χ3v) is 5.14. The van der Waals surface area contributed by atoms with Crippen molar-refractivity contribution >= 4 is 23.5 Å². The van der Waals surface area contributed by atoms with Crippen molar-refractivity contribution in [3.8, 4) is 22.9 Å². The van der Waals surface area contributed by atoms with E-state index >= 15 is 0 Å². The van der Waals surface area contributed by atoms with Crippen LogP contribution in [0.5, 0.6) is 0 Å². The SMILES string of the molecule is CC(C)c1noc2nc(-c3ccco3)cc(-c3nc(C4(N)CCC4)no3)c12.Cl. The van der Waals surface area contributed by atoms with Gasteiger partial charge in [0, 0.05) is 0 Å². The lowest BCUT2D eigenvalue weighted by Crippen LogP contribution is -2.44. The minimum atomic E-state index is -0.493. The van der Waals surface area contributed by atoms with E-state index in [0.717, 1.165) is 35.9 Å². The molecule has 4 heterocycles. The van der Waals surface area contributed by atoms with Crippen LogP contribution in [-0.4, -0.2) is 20.3 Å². The second-order valence-corrected chi connectivity index (χ2v) is 7.37. The fourth-order valence-corrected chi connectivity index (χ4v) is 3.40. The van der Waals surface area contributed by atoms with E-state index in [4.69, 9.17) is 19.2 Å². The summed E-state index contributed by atoms with van der Waals surface area (Å²) >= 11 is 0. The van der Waals surface area contributed by atoms with E-state index in [-0.39, 0.29) is 18.3 Å². The summed E-state index contributed by atoms with van der Waals surface area (Å²) in [5.41, 5.74) is 8.40. The quantitative estimate of drug-likeness (QED) is 0.534. The van der Waals surface area contributed by atoms with Crippen molar-refractivity contribution < 1.29 is 13.5 Å². The minimum Gasteiger partial charge on any atom is -0.463 e. The standard InChI is InChI=1S/C19H19N5O3.ClH/c1-10(2)15-14-11(16-22-18(24-26-16)19(20)6-4-7-19)9-12(13-5-3-8-25-13)21-17(14)27-23-15;/h3,5,8-10H,4,6-7,20H2,1-2H3;1H. The zero-order valence-electron chi connectivity index (χ0n) is 15.5. The molecule has 0 radical (unpaired) electrons. The van der Waals surface area contributed by atoms with Gasteiger partial charge in [-0.2, -0.15) is 4.98 Å². The second kappa shape index (κ2) is 6.72. The van der Waals surface area contributed by atoms with Crippen LogP contribution >= 0.6 is 12.4 Å². The molecule has 9 heteroatoms. The molecule has 0 saturated heterocycles. The van der Waals surface area contributed by atoms with Crippen molar-refractivity contribution in [3.63, 3.8) is 0 Å². The summed E-state index contributed by atoms with van der Waals surface area (Å²) in [6.45, 7) is 4.09. The zero-order valence-corrected chi connectivity index (χ0v) is 16.3. The molecule has 4 aromatic rings. The Morgan fingerprint density at radius 1 is 1.14 bits per heavy atom. The summed E-state index contributed by atoms with van der Waals surface area (Å²) in [5.74, 6) is 1.69. The molecule has 146 valence electrons. The van der Waals surface area contributed by atoms with E-state index in [1.807, 2.05) is 26.0 Å². The number of nitrogens with two attached hydrogens (primary N) is 1. The predicted molar refractivity (Wildman–Crippen MR) is 104 cm³/mol. The monoisotopic (exact) mass is 401 g/mol. The first-order valence-corrected chi connectivity index (χ1v) is 9.03. The number of pyridine rings is 1. The lowest BCUT2D eigenvalue weighted by atomic mass is 9.77. The van der Waals surface area contributed by atoms with Gasteiger partial charge in [-0.05, 0) is 43.4 Å². The van der Waals surface area contributed by atoms with Crippen LogP contribution in [0.4, 0.5) is 0 Å². The van der Waals surface area contributed by atoms with Gasteiger partial charge in [0.2, 0.25) is 0 Å². The van der Waals surface area contributed by atoms with Crippen LogP contribution in [0.3, 0.4) is 0 Å². The summed E-state index contributed by atoms with van der Waals surface area (Å²) in [6, 6.07) is 5.51. The number of furan rings is 1. The van der Waals surface area contributed by atoms with Gasteiger partial charge in [0.05, 0.1) is 28.4 Å². The maximum atomic E-state index is 6.35. The molecule has 1 aliphatic carbocycles. The van der Waals surface area contributed by atoms with Crippen LogP contribution in [0, 0.1) is 0 Å². The molecule has 0 amide bonds.